The summed E-state index contributed by atoms with van der Waals surface area (Å²) in [4.78, 5) is 33.5. The molecule has 0 saturated carbocycles. The van der Waals surface area contributed by atoms with E-state index < -0.39 is 17.7 Å². The molecule has 1 atom stereocenters. The summed E-state index contributed by atoms with van der Waals surface area (Å²) in [6.45, 7) is 1.72. The normalized spacial score (nSPS) is 11.4. The van der Waals surface area contributed by atoms with Crippen LogP contribution in [-0.2, 0) is 14.4 Å². The minimum absolute atomic E-state index is 0.375. The van der Waals surface area contributed by atoms with Crippen LogP contribution in [0.3, 0.4) is 0 Å². The van der Waals surface area contributed by atoms with Crippen LogP contribution in [0.1, 0.15) is 13.3 Å². The molecule has 17 heavy (non-hydrogen) atoms. The number of Topliss-reactive ketones (excluding diaryl/α,β-unsaturated/α-hetero) is 1. The van der Waals surface area contributed by atoms with Gasteiger partial charge in [-0.2, -0.15) is 0 Å². The second-order valence-corrected chi connectivity index (χ2v) is 3.43. The van der Waals surface area contributed by atoms with Gasteiger partial charge in [0.05, 0.1) is 6.04 Å². The van der Waals surface area contributed by atoms with Crippen LogP contribution in [0.4, 0.5) is 5.69 Å². The lowest BCUT2D eigenvalue weighted by molar-refractivity contribution is -0.136. The third kappa shape index (κ3) is 3.71. The van der Waals surface area contributed by atoms with Gasteiger partial charge in [0.2, 0.25) is 12.2 Å². The molecule has 0 unspecified atom stereocenters. The zero-order chi connectivity index (χ0) is 12.7. The zero-order valence-corrected chi connectivity index (χ0v) is 9.47. The lowest BCUT2D eigenvalue weighted by atomic mass is 10.1. The first-order valence-corrected chi connectivity index (χ1v) is 5.29. The van der Waals surface area contributed by atoms with Gasteiger partial charge >= 0.3 is 0 Å². The Bertz CT molecular complexity index is 403. The number of amides is 2. The monoisotopic (exact) mass is 234 g/mol. The Hall–Kier alpha value is -2.17. The first-order chi connectivity index (χ1) is 8.19. The first-order valence-electron chi connectivity index (χ1n) is 5.29. The first kappa shape index (κ1) is 12.9. The highest BCUT2D eigenvalue weighted by molar-refractivity contribution is 6.42. The van der Waals surface area contributed by atoms with Crippen molar-refractivity contribution >= 4 is 23.8 Å². The number of hydrogen-bond acceptors (Lipinski definition) is 3. The van der Waals surface area contributed by atoms with E-state index in [-0.39, 0.29) is 0 Å². The minimum Gasteiger partial charge on any atom is -0.348 e. The van der Waals surface area contributed by atoms with Crippen LogP contribution >= 0.6 is 0 Å². The highest BCUT2D eigenvalue weighted by atomic mass is 16.2. The molecule has 0 aliphatic heterocycles. The molecule has 1 aromatic rings. The lowest BCUT2D eigenvalue weighted by Gasteiger charge is -2.12. The molecule has 2 amide bonds. The fraction of sp³-hybridized carbons (Fsp3) is 0.250. The molecule has 0 radical (unpaired) electrons. The maximum Gasteiger partial charge on any atom is 0.293 e. The van der Waals surface area contributed by atoms with Crippen LogP contribution in [0.5, 0.6) is 0 Å². The Morgan fingerprint density at radius 3 is 2.47 bits per heavy atom. The summed E-state index contributed by atoms with van der Waals surface area (Å²) >= 11 is 0. The molecule has 0 heterocycles. The summed E-state index contributed by atoms with van der Waals surface area (Å²) in [6, 6.07) is 7.90. The van der Waals surface area contributed by atoms with E-state index in [2.05, 4.69) is 10.6 Å². The van der Waals surface area contributed by atoms with E-state index in [1.54, 1.807) is 37.3 Å². The van der Waals surface area contributed by atoms with E-state index in [4.69, 9.17) is 0 Å². The van der Waals surface area contributed by atoms with E-state index in [1.165, 1.54) is 0 Å². The quantitative estimate of drug-likeness (QED) is 0.562. The largest absolute Gasteiger partial charge is 0.348 e. The maximum atomic E-state index is 11.6. The van der Waals surface area contributed by atoms with E-state index >= 15 is 0 Å². The number of hydrogen-bond donors (Lipinski definition) is 2. The van der Waals surface area contributed by atoms with Gasteiger partial charge in [0.25, 0.3) is 5.91 Å². The average molecular weight is 234 g/mol. The molecule has 1 aromatic carbocycles. The predicted molar refractivity (Wildman–Crippen MR) is 63.4 cm³/mol. The van der Waals surface area contributed by atoms with Gasteiger partial charge in [-0.1, -0.05) is 25.1 Å². The van der Waals surface area contributed by atoms with Crippen molar-refractivity contribution in [3.8, 4) is 0 Å². The van der Waals surface area contributed by atoms with Crippen molar-refractivity contribution in [1.29, 1.82) is 0 Å². The zero-order valence-electron chi connectivity index (χ0n) is 9.47. The van der Waals surface area contributed by atoms with Crippen molar-refractivity contribution < 1.29 is 14.4 Å². The van der Waals surface area contributed by atoms with Crippen LogP contribution in [0.15, 0.2) is 30.3 Å². The van der Waals surface area contributed by atoms with Crippen LogP contribution in [0.2, 0.25) is 0 Å². The fourth-order valence-corrected chi connectivity index (χ4v) is 1.33. The Kier molecular flexibility index (Phi) is 4.87. The van der Waals surface area contributed by atoms with Gasteiger partial charge < -0.3 is 10.6 Å². The molecule has 5 heteroatoms. The summed E-state index contributed by atoms with van der Waals surface area (Å²) < 4.78 is 0. The molecule has 5 nitrogen and oxygen atoms in total. The predicted octanol–water partition coefficient (Wildman–Crippen LogP) is 0.719. The molecular weight excluding hydrogens is 220 g/mol. The molecule has 90 valence electrons. The summed E-state index contributed by atoms with van der Waals surface area (Å²) in [5.74, 6) is -1.37. The summed E-state index contributed by atoms with van der Waals surface area (Å²) in [5, 5.41) is 4.78. The summed E-state index contributed by atoms with van der Waals surface area (Å²) in [6.07, 6.45) is 0.793. The van der Waals surface area contributed by atoms with Crippen molar-refractivity contribution in [3.05, 3.63) is 30.3 Å². The second-order valence-electron chi connectivity index (χ2n) is 3.43. The third-order valence-electron chi connectivity index (χ3n) is 2.25. The number of benzene rings is 1. The lowest BCUT2D eigenvalue weighted by Crippen LogP contribution is -2.41. The van der Waals surface area contributed by atoms with E-state index in [0.29, 0.717) is 18.5 Å². The number of ketones is 1. The van der Waals surface area contributed by atoms with E-state index in [0.717, 1.165) is 0 Å². The van der Waals surface area contributed by atoms with Gasteiger partial charge in [-0.3, -0.25) is 14.4 Å². The number of carbonyl (C=O) groups excluding carboxylic acids is 3. The van der Waals surface area contributed by atoms with Crippen molar-refractivity contribution in [2.24, 2.45) is 0 Å². The Morgan fingerprint density at radius 1 is 1.29 bits per heavy atom. The smallest absolute Gasteiger partial charge is 0.293 e. The van der Waals surface area contributed by atoms with Gasteiger partial charge in [-0.25, -0.2) is 0 Å². The van der Waals surface area contributed by atoms with Gasteiger partial charge in [-0.05, 0) is 18.6 Å². The fourth-order valence-electron chi connectivity index (χ4n) is 1.33. The van der Waals surface area contributed by atoms with Crippen molar-refractivity contribution in [2.45, 2.75) is 19.4 Å². The van der Waals surface area contributed by atoms with Gasteiger partial charge in [-0.15, -0.1) is 0 Å². The van der Waals surface area contributed by atoms with Crippen molar-refractivity contribution in [3.63, 3.8) is 0 Å². The summed E-state index contributed by atoms with van der Waals surface area (Å²) in [5.41, 5.74) is 0.548. The summed E-state index contributed by atoms with van der Waals surface area (Å²) in [7, 11) is 0. The van der Waals surface area contributed by atoms with Gasteiger partial charge in [0.15, 0.2) is 0 Å². The van der Waals surface area contributed by atoms with Crippen molar-refractivity contribution in [1.82, 2.24) is 5.32 Å². The Balaban J connectivity index is 2.64. The van der Waals surface area contributed by atoms with E-state index in [9.17, 15) is 14.4 Å². The molecular formula is C12H14N2O3. The highest BCUT2D eigenvalue weighted by Gasteiger charge is 2.23. The van der Waals surface area contributed by atoms with Crippen molar-refractivity contribution in [2.75, 3.05) is 5.32 Å². The topological polar surface area (TPSA) is 75.3 Å². The number of anilines is 1. The van der Waals surface area contributed by atoms with Crippen LogP contribution in [-0.4, -0.2) is 24.1 Å². The molecule has 0 aliphatic rings. The molecule has 0 aliphatic carbocycles. The molecule has 0 aromatic heterocycles. The van der Waals surface area contributed by atoms with E-state index in [1.807, 2.05) is 0 Å². The van der Waals surface area contributed by atoms with Gasteiger partial charge in [0, 0.05) is 5.69 Å². The molecule has 0 fully saturated rings. The molecule has 0 spiro atoms. The average Bonchev–Trinajstić information content (AvgIpc) is 2.36. The SMILES string of the molecule is CC[C@H](NC=O)C(=O)C(=O)Nc1ccccc1. The van der Waals surface area contributed by atoms with Crippen LogP contribution in [0, 0.1) is 0 Å². The molecule has 1 rings (SSSR count). The maximum absolute atomic E-state index is 11.6. The highest BCUT2D eigenvalue weighted by Crippen LogP contribution is 2.05. The Labute approximate surface area is 99.2 Å². The third-order valence-corrected chi connectivity index (χ3v) is 2.25. The van der Waals surface area contributed by atoms with Gasteiger partial charge in [0.1, 0.15) is 0 Å². The number of para-hydroxylation sites is 1. The second kappa shape index (κ2) is 6.42. The van der Waals surface area contributed by atoms with Crippen LogP contribution in [0.25, 0.3) is 0 Å². The number of carbonyl (C=O) groups is 3. The Morgan fingerprint density at radius 2 is 1.94 bits per heavy atom. The molecule has 2 N–H and O–H groups in total. The minimum atomic E-state index is -0.767. The molecule has 0 saturated heterocycles. The molecule has 0 bridgehead atoms. The van der Waals surface area contributed by atoms with Crippen LogP contribution < -0.4 is 10.6 Å². The number of nitrogens with one attached hydrogen (secondary N) is 2. The number of rotatable bonds is 6. The standard InChI is InChI=1S/C12H14N2O3/c1-2-10(13-8-15)11(16)12(17)14-9-6-4-3-5-7-9/h3-8,10H,2H2,1H3,(H,13,15)(H,14,17)/t10-/m0/s1.